The van der Waals surface area contributed by atoms with Crippen molar-refractivity contribution in [3.63, 3.8) is 0 Å². The fraction of sp³-hybridized carbons (Fsp3) is 0.273. The number of nitrogens with two attached hydrogens (primary N) is 1. The SMILES string of the molecule is NC(=O)CN1C(=O)CCc2cc(Br)ccc21. The average Bonchev–Trinajstić information content (AvgIpc) is 2.22. The van der Waals surface area contributed by atoms with E-state index in [0.717, 1.165) is 15.7 Å². The minimum absolute atomic E-state index is 0.0476. The van der Waals surface area contributed by atoms with Gasteiger partial charge in [0.15, 0.2) is 0 Å². The largest absolute Gasteiger partial charge is 0.368 e. The molecule has 0 radical (unpaired) electrons. The Morgan fingerprint density at radius 3 is 2.88 bits per heavy atom. The van der Waals surface area contributed by atoms with Crippen LogP contribution in [0.2, 0.25) is 0 Å². The Bertz CT molecular complexity index is 459. The molecule has 0 aromatic heterocycles. The summed E-state index contributed by atoms with van der Waals surface area (Å²) in [7, 11) is 0. The number of anilines is 1. The number of benzene rings is 1. The lowest BCUT2D eigenvalue weighted by Crippen LogP contribution is -2.41. The van der Waals surface area contributed by atoms with Crippen molar-refractivity contribution in [1.29, 1.82) is 0 Å². The van der Waals surface area contributed by atoms with E-state index >= 15 is 0 Å². The number of aryl methyl sites for hydroxylation is 1. The average molecular weight is 283 g/mol. The van der Waals surface area contributed by atoms with Gasteiger partial charge < -0.3 is 10.6 Å². The Labute approximate surface area is 102 Å². The van der Waals surface area contributed by atoms with Crippen molar-refractivity contribution < 1.29 is 9.59 Å². The third-order valence-electron chi connectivity index (χ3n) is 2.56. The number of rotatable bonds is 2. The monoisotopic (exact) mass is 282 g/mol. The van der Waals surface area contributed by atoms with Crippen molar-refractivity contribution in [2.24, 2.45) is 5.73 Å². The first-order chi connectivity index (χ1) is 7.58. The third kappa shape index (κ3) is 2.09. The molecule has 0 spiro atoms. The zero-order valence-electron chi connectivity index (χ0n) is 8.57. The van der Waals surface area contributed by atoms with E-state index in [2.05, 4.69) is 15.9 Å². The topological polar surface area (TPSA) is 63.4 Å². The van der Waals surface area contributed by atoms with Gasteiger partial charge in [0.2, 0.25) is 11.8 Å². The number of carbonyl (C=O) groups excluding carboxylic acids is 2. The summed E-state index contributed by atoms with van der Waals surface area (Å²) >= 11 is 3.38. The maximum Gasteiger partial charge on any atom is 0.237 e. The standard InChI is InChI=1S/C11H11BrN2O2/c12-8-2-3-9-7(5-8)1-4-11(16)14(9)6-10(13)15/h2-3,5H,1,4,6H2,(H2,13,15). The Balaban J connectivity index is 2.40. The molecule has 0 bridgehead atoms. The van der Waals surface area contributed by atoms with Crippen LogP contribution in [0, 0.1) is 0 Å². The number of halogens is 1. The fourth-order valence-corrected chi connectivity index (χ4v) is 2.27. The van der Waals surface area contributed by atoms with Crippen LogP contribution >= 0.6 is 15.9 Å². The number of nitrogens with zero attached hydrogens (tertiary/aromatic N) is 1. The van der Waals surface area contributed by atoms with Gasteiger partial charge in [-0.2, -0.15) is 0 Å². The van der Waals surface area contributed by atoms with Gasteiger partial charge in [-0.1, -0.05) is 15.9 Å². The van der Waals surface area contributed by atoms with Crippen LogP contribution in [0.5, 0.6) is 0 Å². The molecule has 0 saturated heterocycles. The molecular formula is C11H11BrN2O2. The maximum atomic E-state index is 11.7. The Hall–Kier alpha value is -1.36. The molecule has 1 aromatic carbocycles. The zero-order valence-corrected chi connectivity index (χ0v) is 10.2. The van der Waals surface area contributed by atoms with Crippen molar-refractivity contribution in [2.45, 2.75) is 12.8 Å². The lowest BCUT2D eigenvalue weighted by molar-refractivity contribution is -0.122. The van der Waals surface area contributed by atoms with Gasteiger partial charge in [-0.05, 0) is 30.2 Å². The van der Waals surface area contributed by atoms with Crippen molar-refractivity contribution in [1.82, 2.24) is 0 Å². The predicted octanol–water partition coefficient (Wildman–Crippen LogP) is 1.21. The van der Waals surface area contributed by atoms with Crippen LogP contribution in [0.25, 0.3) is 0 Å². The first-order valence-electron chi connectivity index (χ1n) is 4.95. The van der Waals surface area contributed by atoms with Crippen LogP contribution in [0.3, 0.4) is 0 Å². The van der Waals surface area contributed by atoms with E-state index in [1.165, 1.54) is 4.90 Å². The van der Waals surface area contributed by atoms with Gasteiger partial charge in [-0.25, -0.2) is 0 Å². The Morgan fingerprint density at radius 1 is 1.44 bits per heavy atom. The van der Waals surface area contributed by atoms with Crippen molar-refractivity contribution >= 4 is 33.4 Å². The molecule has 84 valence electrons. The first-order valence-corrected chi connectivity index (χ1v) is 5.74. The molecule has 16 heavy (non-hydrogen) atoms. The van der Waals surface area contributed by atoms with E-state index in [1.54, 1.807) is 0 Å². The molecule has 2 amide bonds. The quantitative estimate of drug-likeness (QED) is 0.886. The molecular weight excluding hydrogens is 272 g/mol. The summed E-state index contributed by atoms with van der Waals surface area (Å²) < 4.78 is 0.972. The van der Waals surface area contributed by atoms with Gasteiger partial charge in [0, 0.05) is 16.6 Å². The van der Waals surface area contributed by atoms with Gasteiger partial charge >= 0.3 is 0 Å². The van der Waals surface area contributed by atoms with Gasteiger partial charge in [-0.3, -0.25) is 9.59 Å². The molecule has 4 nitrogen and oxygen atoms in total. The summed E-state index contributed by atoms with van der Waals surface area (Å²) in [4.78, 5) is 24.0. The van der Waals surface area contributed by atoms with Crippen LogP contribution in [0.4, 0.5) is 5.69 Å². The van der Waals surface area contributed by atoms with Crippen LogP contribution in [-0.2, 0) is 16.0 Å². The number of hydrogen-bond acceptors (Lipinski definition) is 2. The highest BCUT2D eigenvalue weighted by molar-refractivity contribution is 9.10. The van der Waals surface area contributed by atoms with E-state index in [4.69, 9.17) is 5.73 Å². The summed E-state index contributed by atoms with van der Waals surface area (Å²) in [5, 5.41) is 0. The molecule has 2 N–H and O–H groups in total. The summed E-state index contributed by atoms with van der Waals surface area (Å²) in [6.45, 7) is -0.0481. The molecule has 0 unspecified atom stereocenters. The minimum atomic E-state index is -0.496. The second-order valence-electron chi connectivity index (χ2n) is 3.72. The van der Waals surface area contributed by atoms with Crippen molar-refractivity contribution in [3.05, 3.63) is 28.2 Å². The number of carbonyl (C=O) groups is 2. The Morgan fingerprint density at radius 2 is 2.19 bits per heavy atom. The number of fused-ring (bicyclic) bond motifs is 1. The van der Waals surface area contributed by atoms with Gasteiger partial charge in [0.1, 0.15) is 6.54 Å². The molecule has 2 rings (SSSR count). The molecule has 1 aliphatic heterocycles. The smallest absolute Gasteiger partial charge is 0.237 e. The molecule has 1 heterocycles. The zero-order chi connectivity index (χ0) is 11.7. The number of amides is 2. The molecule has 0 fully saturated rings. The van der Waals surface area contributed by atoms with E-state index in [9.17, 15) is 9.59 Å². The maximum absolute atomic E-state index is 11.7. The molecule has 0 atom stereocenters. The summed E-state index contributed by atoms with van der Waals surface area (Å²) in [6.07, 6.45) is 1.14. The second-order valence-corrected chi connectivity index (χ2v) is 4.63. The first kappa shape index (κ1) is 11.1. The normalized spacial score (nSPS) is 14.8. The molecule has 0 aliphatic carbocycles. The van der Waals surface area contributed by atoms with Gasteiger partial charge in [-0.15, -0.1) is 0 Å². The van der Waals surface area contributed by atoms with Crippen LogP contribution in [0.1, 0.15) is 12.0 Å². The second kappa shape index (κ2) is 4.25. The molecule has 1 aromatic rings. The van der Waals surface area contributed by atoms with E-state index < -0.39 is 5.91 Å². The molecule has 0 saturated carbocycles. The number of primary amides is 1. The lowest BCUT2D eigenvalue weighted by Gasteiger charge is -2.28. The molecule has 1 aliphatic rings. The number of hydrogen-bond donors (Lipinski definition) is 1. The van der Waals surface area contributed by atoms with E-state index in [-0.39, 0.29) is 12.5 Å². The highest BCUT2D eigenvalue weighted by Crippen LogP contribution is 2.29. The van der Waals surface area contributed by atoms with Crippen molar-refractivity contribution in [2.75, 3.05) is 11.4 Å². The van der Waals surface area contributed by atoms with Crippen LogP contribution < -0.4 is 10.6 Å². The minimum Gasteiger partial charge on any atom is -0.368 e. The fourth-order valence-electron chi connectivity index (χ4n) is 1.86. The van der Waals surface area contributed by atoms with Gasteiger partial charge in [0.05, 0.1) is 0 Å². The summed E-state index contributed by atoms with van der Waals surface area (Å²) in [5.41, 5.74) is 6.99. The molecule has 5 heteroatoms. The van der Waals surface area contributed by atoms with Crippen LogP contribution in [0.15, 0.2) is 22.7 Å². The highest BCUT2D eigenvalue weighted by Gasteiger charge is 2.25. The van der Waals surface area contributed by atoms with Gasteiger partial charge in [0.25, 0.3) is 0 Å². The van der Waals surface area contributed by atoms with E-state index in [1.807, 2.05) is 18.2 Å². The highest BCUT2D eigenvalue weighted by atomic mass is 79.9. The summed E-state index contributed by atoms with van der Waals surface area (Å²) in [6, 6.07) is 5.65. The van der Waals surface area contributed by atoms with Crippen molar-refractivity contribution in [3.8, 4) is 0 Å². The van der Waals surface area contributed by atoms with E-state index in [0.29, 0.717) is 12.8 Å². The van der Waals surface area contributed by atoms with Crippen LogP contribution in [-0.4, -0.2) is 18.4 Å². The summed E-state index contributed by atoms with van der Waals surface area (Å²) in [5.74, 6) is -0.544. The predicted molar refractivity (Wildman–Crippen MR) is 64.0 cm³/mol. The lowest BCUT2D eigenvalue weighted by atomic mass is 10.0. The third-order valence-corrected chi connectivity index (χ3v) is 3.05. The Kier molecular flexibility index (Phi) is 2.96.